The minimum atomic E-state index is -1.66. The van der Waals surface area contributed by atoms with E-state index in [1.807, 2.05) is 13.8 Å². The van der Waals surface area contributed by atoms with Gasteiger partial charge in [-0.2, -0.15) is 5.10 Å². The van der Waals surface area contributed by atoms with Crippen molar-refractivity contribution in [1.29, 1.82) is 0 Å². The van der Waals surface area contributed by atoms with Crippen LogP contribution in [0.15, 0.2) is 0 Å². The van der Waals surface area contributed by atoms with Crippen LogP contribution in [0, 0.1) is 0 Å². The van der Waals surface area contributed by atoms with Crippen molar-refractivity contribution in [1.82, 2.24) is 15.1 Å². The Balaban J connectivity index is 0.00000243. The number of rotatable bonds is 4. The Morgan fingerprint density at radius 2 is 1.92 bits per heavy atom. The fraction of sp³-hybridized carbons (Fsp3) is 0.706. The third-order valence-corrected chi connectivity index (χ3v) is 9.17. The fourth-order valence-electron chi connectivity index (χ4n) is 3.63. The summed E-state index contributed by atoms with van der Waals surface area (Å²) in [6.45, 7) is 13.3. The molecule has 1 aromatic rings. The first-order valence-electron chi connectivity index (χ1n) is 8.89. The van der Waals surface area contributed by atoms with Crippen LogP contribution in [0.5, 0.6) is 0 Å². The summed E-state index contributed by atoms with van der Waals surface area (Å²) >= 11 is 0. The number of hydrogen-bond acceptors (Lipinski definition) is 5. The first kappa shape index (κ1) is 20.9. The zero-order valence-corrected chi connectivity index (χ0v) is 18.2. The SMILES string of the molecule is CCOC(=O)n1nc2c(c1NC(=O)C1([Si](C)(C)C)CC1)CNC2(C)C.Cl. The molecular weight excluding hydrogens is 372 g/mol. The van der Waals surface area contributed by atoms with Crippen molar-refractivity contribution in [3.63, 3.8) is 0 Å². The number of nitrogens with one attached hydrogen (secondary N) is 2. The smallest absolute Gasteiger partial charge is 0.436 e. The molecule has 0 aromatic carbocycles. The summed E-state index contributed by atoms with van der Waals surface area (Å²) in [6.07, 6.45) is 1.29. The fourth-order valence-corrected chi connectivity index (χ4v) is 6.00. The minimum Gasteiger partial charge on any atom is -0.448 e. The Kier molecular flexibility index (Phi) is 5.35. The van der Waals surface area contributed by atoms with Crippen molar-refractivity contribution in [3.05, 3.63) is 11.3 Å². The average Bonchev–Trinajstić information content (AvgIpc) is 3.17. The maximum Gasteiger partial charge on any atom is 0.436 e. The van der Waals surface area contributed by atoms with Crippen LogP contribution < -0.4 is 10.6 Å². The van der Waals surface area contributed by atoms with Gasteiger partial charge in [0.05, 0.1) is 25.9 Å². The first-order valence-corrected chi connectivity index (χ1v) is 12.4. The molecule has 0 atom stereocenters. The number of hydrogen-bond donors (Lipinski definition) is 2. The van der Waals surface area contributed by atoms with E-state index in [-0.39, 0.29) is 35.5 Å². The number of amides is 1. The van der Waals surface area contributed by atoms with E-state index in [1.165, 1.54) is 4.68 Å². The van der Waals surface area contributed by atoms with E-state index in [4.69, 9.17) is 4.74 Å². The molecule has 2 aliphatic rings. The predicted octanol–water partition coefficient (Wildman–Crippen LogP) is 3.46. The zero-order chi connectivity index (χ0) is 18.6. The molecule has 0 saturated heterocycles. The van der Waals surface area contributed by atoms with Gasteiger partial charge in [0.1, 0.15) is 5.82 Å². The summed E-state index contributed by atoms with van der Waals surface area (Å²) in [5.41, 5.74) is 1.31. The van der Waals surface area contributed by atoms with Gasteiger partial charge in [0.2, 0.25) is 5.91 Å². The molecule has 1 aliphatic carbocycles. The lowest BCUT2D eigenvalue weighted by molar-refractivity contribution is -0.117. The Bertz CT molecular complexity index is 735. The first-order chi connectivity index (χ1) is 11.5. The second-order valence-electron chi connectivity index (χ2n) is 8.55. The van der Waals surface area contributed by atoms with Crippen LogP contribution in [0.3, 0.4) is 0 Å². The summed E-state index contributed by atoms with van der Waals surface area (Å²) in [5, 5.41) is 10.6. The van der Waals surface area contributed by atoms with Crippen molar-refractivity contribution in [3.8, 4) is 0 Å². The maximum atomic E-state index is 13.0. The standard InChI is InChI=1S/C17H28N4O3Si.ClH/c1-7-24-15(23)21-13(11-10-18-16(2,3)12(11)20-21)19-14(22)17(8-9-17)25(4,5)6;/h18H,7-10H2,1-6H3,(H,19,22);1H. The van der Waals surface area contributed by atoms with E-state index in [1.54, 1.807) is 6.92 Å². The number of anilines is 1. The molecule has 0 radical (unpaired) electrons. The van der Waals surface area contributed by atoms with Crippen molar-refractivity contribution in [2.24, 2.45) is 0 Å². The summed E-state index contributed by atoms with van der Waals surface area (Å²) in [5.74, 6) is 0.477. The van der Waals surface area contributed by atoms with Gasteiger partial charge in [0.25, 0.3) is 0 Å². The summed E-state index contributed by atoms with van der Waals surface area (Å²) < 4.78 is 6.34. The van der Waals surface area contributed by atoms with Crippen LogP contribution in [-0.4, -0.2) is 36.5 Å². The number of halogens is 1. The van der Waals surface area contributed by atoms with Crippen LogP contribution in [0.2, 0.25) is 24.7 Å². The van der Waals surface area contributed by atoms with Gasteiger partial charge >= 0.3 is 6.09 Å². The lowest BCUT2D eigenvalue weighted by Gasteiger charge is -2.27. The second kappa shape index (κ2) is 6.65. The number of carbonyl (C=O) groups excluding carboxylic acids is 2. The lowest BCUT2D eigenvalue weighted by Crippen LogP contribution is -2.39. The highest BCUT2D eigenvalue weighted by Gasteiger charge is 2.59. The number of aromatic nitrogens is 2. The highest BCUT2D eigenvalue weighted by molar-refractivity contribution is 6.83. The zero-order valence-electron chi connectivity index (χ0n) is 16.4. The third-order valence-electron chi connectivity index (χ3n) is 5.58. The van der Waals surface area contributed by atoms with Crippen LogP contribution in [0.4, 0.5) is 10.6 Å². The number of ether oxygens (including phenoxy) is 1. The highest BCUT2D eigenvalue weighted by Crippen LogP contribution is 2.61. The molecule has 0 spiro atoms. The molecule has 1 aliphatic heterocycles. The van der Waals surface area contributed by atoms with E-state index in [0.29, 0.717) is 12.4 Å². The molecule has 1 fully saturated rings. The van der Waals surface area contributed by atoms with Gasteiger partial charge in [-0.15, -0.1) is 17.1 Å². The molecule has 9 heteroatoms. The van der Waals surface area contributed by atoms with Crippen molar-refractivity contribution in [2.75, 3.05) is 11.9 Å². The van der Waals surface area contributed by atoms with Gasteiger partial charge in [-0.1, -0.05) is 19.6 Å². The Morgan fingerprint density at radius 3 is 2.42 bits per heavy atom. The van der Waals surface area contributed by atoms with E-state index >= 15 is 0 Å². The quantitative estimate of drug-likeness (QED) is 0.756. The van der Waals surface area contributed by atoms with Crippen molar-refractivity contribution >= 4 is 38.3 Å². The van der Waals surface area contributed by atoms with Gasteiger partial charge in [0.15, 0.2) is 0 Å². The molecule has 0 bridgehead atoms. The van der Waals surface area contributed by atoms with Gasteiger partial charge in [-0.05, 0) is 33.6 Å². The highest BCUT2D eigenvalue weighted by atomic mass is 35.5. The summed E-state index contributed by atoms with van der Waals surface area (Å²) in [6, 6.07) is 0. The molecule has 26 heavy (non-hydrogen) atoms. The molecule has 1 saturated carbocycles. The Morgan fingerprint density at radius 1 is 1.31 bits per heavy atom. The Labute approximate surface area is 161 Å². The van der Waals surface area contributed by atoms with Gasteiger partial charge < -0.3 is 15.4 Å². The van der Waals surface area contributed by atoms with Crippen LogP contribution in [0.1, 0.15) is 44.9 Å². The normalized spacial score (nSPS) is 19.3. The molecule has 146 valence electrons. The monoisotopic (exact) mass is 400 g/mol. The van der Waals surface area contributed by atoms with Crippen LogP contribution in [-0.2, 0) is 21.6 Å². The number of fused-ring (bicyclic) bond motifs is 1. The van der Waals surface area contributed by atoms with E-state index < -0.39 is 14.2 Å². The molecule has 1 aromatic heterocycles. The molecular formula is C17H29ClN4O3Si. The predicted molar refractivity (Wildman–Crippen MR) is 106 cm³/mol. The largest absolute Gasteiger partial charge is 0.448 e. The van der Waals surface area contributed by atoms with E-state index in [0.717, 1.165) is 24.1 Å². The van der Waals surface area contributed by atoms with E-state index in [2.05, 4.69) is 35.4 Å². The number of carbonyl (C=O) groups is 2. The van der Waals surface area contributed by atoms with Crippen molar-refractivity contribution in [2.45, 2.75) is 70.4 Å². The van der Waals surface area contributed by atoms with Crippen LogP contribution in [0.25, 0.3) is 0 Å². The third kappa shape index (κ3) is 3.18. The molecule has 0 unspecified atom stereocenters. The topological polar surface area (TPSA) is 85.2 Å². The molecule has 1 amide bonds. The maximum absolute atomic E-state index is 13.0. The Hall–Kier alpha value is -1.38. The molecule has 2 heterocycles. The second-order valence-corrected chi connectivity index (χ2v) is 14.0. The minimum absolute atomic E-state index is 0. The molecule has 7 nitrogen and oxygen atoms in total. The lowest BCUT2D eigenvalue weighted by atomic mass is 10.0. The van der Waals surface area contributed by atoms with E-state index in [9.17, 15) is 9.59 Å². The van der Waals surface area contributed by atoms with Gasteiger partial charge in [-0.25, -0.2) is 4.79 Å². The summed E-state index contributed by atoms with van der Waals surface area (Å²) in [4.78, 5) is 25.4. The average molecular weight is 401 g/mol. The molecule has 2 N–H and O–H groups in total. The van der Waals surface area contributed by atoms with Gasteiger partial charge in [0, 0.05) is 17.1 Å². The molecule has 3 rings (SSSR count). The van der Waals surface area contributed by atoms with Crippen LogP contribution >= 0.6 is 12.4 Å². The van der Waals surface area contributed by atoms with Gasteiger partial charge in [-0.3, -0.25) is 4.79 Å². The summed E-state index contributed by atoms with van der Waals surface area (Å²) in [7, 11) is -1.66. The number of nitrogens with zero attached hydrogens (tertiary/aromatic N) is 2. The van der Waals surface area contributed by atoms with Crippen molar-refractivity contribution < 1.29 is 14.3 Å².